The predicted octanol–water partition coefficient (Wildman–Crippen LogP) is 1.04. The van der Waals surface area contributed by atoms with E-state index in [4.69, 9.17) is 5.73 Å². The lowest BCUT2D eigenvalue weighted by atomic mass is 9.84. The number of amidine groups is 1. The number of aliphatic imine (C=N–C) groups is 1. The van der Waals surface area contributed by atoms with E-state index in [1.54, 1.807) is 0 Å². The molecule has 0 aromatic rings. The number of rotatable bonds is 2. The van der Waals surface area contributed by atoms with Crippen LogP contribution in [0.4, 0.5) is 4.79 Å². The van der Waals surface area contributed by atoms with Gasteiger partial charge in [-0.25, -0.2) is 4.79 Å². The molecular weight excluding hydrogens is 216 g/mol. The van der Waals surface area contributed by atoms with E-state index >= 15 is 0 Å². The van der Waals surface area contributed by atoms with Crippen LogP contribution in [0.2, 0.25) is 0 Å². The first-order valence-corrected chi connectivity index (χ1v) is 6.41. The van der Waals surface area contributed by atoms with Gasteiger partial charge in [-0.1, -0.05) is 6.92 Å². The standard InChI is InChI=1S/C12H22N4O/c1-4-15-7-5-12(6-8-15)10(13)14-11(17)16(12)9(2)3/h9H,4-8H2,1-3H3,(H2,13,14,17). The monoisotopic (exact) mass is 238 g/mol. The predicted molar refractivity (Wildman–Crippen MR) is 68.1 cm³/mol. The summed E-state index contributed by atoms with van der Waals surface area (Å²) in [5.74, 6) is 0.520. The number of amides is 2. The summed E-state index contributed by atoms with van der Waals surface area (Å²) >= 11 is 0. The molecule has 0 unspecified atom stereocenters. The van der Waals surface area contributed by atoms with Gasteiger partial charge in [0.15, 0.2) is 0 Å². The molecule has 2 aliphatic rings. The van der Waals surface area contributed by atoms with E-state index in [0.717, 1.165) is 32.5 Å². The van der Waals surface area contributed by atoms with Gasteiger partial charge in [-0.3, -0.25) is 0 Å². The molecule has 1 fully saturated rings. The minimum absolute atomic E-state index is 0.153. The van der Waals surface area contributed by atoms with Crippen molar-refractivity contribution in [3.63, 3.8) is 0 Å². The van der Waals surface area contributed by atoms with E-state index in [9.17, 15) is 4.79 Å². The quantitative estimate of drug-likeness (QED) is 0.782. The van der Waals surface area contributed by atoms with Crippen molar-refractivity contribution in [3.8, 4) is 0 Å². The molecule has 2 heterocycles. The Bertz CT molecular complexity index is 342. The highest BCUT2D eigenvalue weighted by molar-refractivity contribution is 6.06. The Morgan fingerprint density at radius 1 is 1.41 bits per heavy atom. The van der Waals surface area contributed by atoms with Crippen LogP contribution in [0.15, 0.2) is 4.99 Å². The third-order valence-electron chi connectivity index (χ3n) is 4.01. The van der Waals surface area contributed by atoms with Crippen molar-refractivity contribution in [1.29, 1.82) is 0 Å². The molecule has 17 heavy (non-hydrogen) atoms. The van der Waals surface area contributed by atoms with Crippen LogP contribution in [0.5, 0.6) is 0 Å². The molecule has 2 rings (SSSR count). The van der Waals surface area contributed by atoms with Crippen LogP contribution in [0, 0.1) is 0 Å². The van der Waals surface area contributed by atoms with Crippen molar-refractivity contribution >= 4 is 11.9 Å². The molecule has 2 aliphatic heterocycles. The zero-order chi connectivity index (χ0) is 12.6. The van der Waals surface area contributed by atoms with Crippen LogP contribution in [0.1, 0.15) is 33.6 Å². The Morgan fingerprint density at radius 3 is 2.47 bits per heavy atom. The number of urea groups is 1. The van der Waals surface area contributed by atoms with Gasteiger partial charge in [-0.2, -0.15) is 4.99 Å². The fourth-order valence-electron chi connectivity index (χ4n) is 3.02. The summed E-state index contributed by atoms with van der Waals surface area (Å²) in [6.07, 6.45) is 1.81. The molecular formula is C12H22N4O. The van der Waals surface area contributed by atoms with Crippen LogP contribution in [-0.2, 0) is 0 Å². The lowest BCUT2D eigenvalue weighted by Gasteiger charge is -2.45. The van der Waals surface area contributed by atoms with Crippen LogP contribution in [0.25, 0.3) is 0 Å². The third-order valence-corrected chi connectivity index (χ3v) is 4.01. The molecule has 2 amide bonds. The number of nitrogens with zero attached hydrogens (tertiary/aromatic N) is 3. The summed E-state index contributed by atoms with van der Waals surface area (Å²) in [6.45, 7) is 9.25. The van der Waals surface area contributed by atoms with Gasteiger partial charge in [-0.05, 0) is 33.2 Å². The van der Waals surface area contributed by atoms with Gasteiger partial charge in [0, 0.05) is 19.1 Å². The summed E-state index contributed by atoms with van der Waals surface area (Å²) < 4.78 is 0. The van der Waals surface area contributed by atoms with Gasteiger partial charge in [0.25, 0.3) is 0 Å². The fourth-order valence-corrected chi connectivity index (χ4v) is 3.02. The summed E-state index contributed by atoms with van der Waals surface area (Å²) in [6, 6.07) is -0.0112. The molecule has 0 aromatic heterocycles. The minimum atomic E-state index is -0.309. The Kier molecular flexibility index (Phi) is 3.12. The molecule has 96 valence electrons. The maximum absolute atomic E-state index is 11.9. The Hall–Kier alpha value is -1.10. The topological polar surface area (TPSA) is 61.9 Å². The molecule has 5 heteroatoms. The van der Waals surface area contributed by atoms with Crippen molar-refractivity contribution in [2.45, 2.75) is 45.2 Å². The molecule has 5 nitrogen and oxygen atoms in total. The van der Waals surface area contributed by atoms with Gasteiger partial charge in [0.1, 0.15) is 11.4 Å². The highest BCUT2D eigenvalue weighted by atomic mass is 16.2. The number of carbonyl (C=O) groups is 1. The first-order chi connectivity index (χ1) is 8.01. The lowest BCUT2D eigenvalue weighted by molar-refractivity contribution is 0.0857. The van der Waals surface area contributed by atoms with E-state index in [1.165, 1.54) is 0 Å². The molecule has 0 saturated carbocycles. The smallest absolute Gasteiger partial charge is 0.346 e. The second kappa shape index (κ2) is 4.29. The van der Waals surface area contributed by atoms with Crippen molar-refractivity contribution in [2.24, 2.45) is 10.7 Å². The average molecular weight is 238 g/mol. The summed E-state index contributed by atoms with van der Waals surface area (Å²) in [4.78, 5) is 20.1. The van der Waals surface area contributed by atoms with Gasteiger partial charge in [0.2, 0.25) is 0 Å². The Labute approximate surface area is 103 Å². The Morgan fingerprint density at radius 2 is 2.00 bits per heavy atom. The number of piperidine rings is 1. The van der Waals surface area contributed by atoms with Crippen LogP contribution >= 0.6 is 0 Å². The molecule has 1 saturated heterocycles. The van der Waals surface area contributed by atoms with Crippen molar-refractivity contribution in [1.82, 2.24) is 9.80 Å². The molecule has 0 atom stereocenters. The van der Waals surface area contributed by atoms with Crippen molar-refractivity contribution in [2.75, 3.05) is 19.6 Å². The highest BCUT2D eigenvalue weighted by Gasteiger charge is 2.50. The second-order valence-electron chi connectivity index (χ2n) is 5.21. The third kappa shape index (κ3) is 1.82. The number of carbonyl (C=O) groups excluding carboxylic acids is 1. The SMILES string of the molecule is CCN1CCC2(CC1)C(N)=NC(=O)N2C(C)C. The van der Waals surface area contributed by atoms with E-state index in [-0.39, 0.29) is 17.6 Å². The molecule has 0 aromatic carbocycles. The second-order valence-corrected chi connectivity index (χ2v) is 5.21. The van der Waals surface area contributed by atoms with E-state index in [0.29, 0.717) is 5.84 Å². The van der Waals surface area contributed by atoms with Crippen LogP contribution in [-0.4, -0.2) is 52.9 Å². The average Bonchev–Trinajstić information content (AvgIpc) is 2.51. The highest BCUT2D eigenvalue weighted by Crippen LogP contribution is 2.35. The van der Waals surface area contributed by atoms with Crippen molar-refractivity contribution < 1.29 is 4.79 Å². The Balaban J connectivity index is 2.23. The largest absolute Gasteiger partial charge is 0.385 e. The molecule has 0 radical (unpaired) electrons. The first kappa shape index (κ1) is 12.4. The molecule has 0 bridgehead atoms. The molecule has 1 spiro atoms. The number of hydrogen-bond acceptors (Lipinski definition) is 3. The summed E-state index contributed by atoms with van der Waals surface area (Å²) in [7, 11) is 0. The van der Waals surface area contributed by atoms with Gasteiger partial charge in [0.05, 0.1) is 0 Å². The fraction of sp³-hybridized carbons (Fsp3) is 0.833. The van der Waals surface area contributed by atoms with E-state index in [2.05, 4.69) is 16.8 Å². The maximum Gasteiger partial charge on any atom is 0.346 e. The molecule has 2 N–H and O–H groups in total. The normalized spacial score (nSPS) is 24.8. The van der Waals surface area contributed by atoms with Gasteiger partial charge < -0.3 is 15.5 Å². The van der Waals surface area contributed by atoms with Crippen molar-refractivity contribution in [3.05, 3.63) is 0 Å². The lowest BCUT2D eigenvalue weighted by Crippen LogP contribution is -2.61. The minimum Gasteiger partial charge on any atom is -0.385 e. The van der Waals surface area contributed by atoms with Gasteiger partial charge >= 0.3 is 6.03 Å². The number of likely N-dealkylation sites (tertiary alicyclic amines) is 1. The van der Waals surface area contributed by atoms with E-state index in [1.807, 2.05) is 18.7 Å². The van der Waals surface area contributed by atoms with E-state index < -0.39 is 0 Å². The summed E-state index contributed by atoms with van der Waals surface area (Å²) in [5.41, 5.74) is 5.71. The number of hydrogen-bond donors (Lipinski definition) is 1. The van der Waals surface area contributed by atoms with Crippen LogP contribution in [0.3, 0.4) is 0 Å². The zero-order valence-corrected chi connectivity index (χ0v) is 10.9. The molecule has 0 aliphatic carbocycles. The van der Waals surface area contributed by atoms with Gasteiger partial charge in [-0.15, -0.1) is 0 Å². The number of nitrogens with two attached hydrogens (primary N) is 1. The maximum atomic E-state index is 11.9. The summed E-state index contributed by atoms with van der Waals surface area (Å²) in [5, 5.41) is 0. The zero-order valence-electron chi connectivity index (χ0n) is 10.9. The first-order valence-electron chi connectivity index (χ1n) is 6.41. The van der Waals surface area contributed by atoms with Crippen LogP contribution < -0.4 is 5.73 Å².